The fraction of sp³-hybridized carbons (Fsp3) is 0.600. The van der Waals surface area contributed by atoms with E-state index < -0.39 is 36.7 Å². The standard InChI is InChI=1S/C10H12F2N2O4/c1-5-2-3-14(9(17)13-5)8-10(11,12)7(16)6(4-15)18-8/h2-3,6-8,15-16H,4H2,1H3/t6-,7-,8?/m0/s1. The monoisotopic (exact) mass is 262 g/mol. The third-order valence-corrected chi connectivity index (χ3v) is 2.78. The van der Waals surface area contributed by atoms with Crippen molar-refractivity contribution in [3.8, 4) is 0 Å². The van der Waals surface area contributed by atoms with E-state index in [0.717, 1.165) is 6.20 Å². The molecule has 8 heteroatoms. The number of rotatable bonds is 2. The van der Waals surface area contributed by atoms with Crippen molar-refractivity contribution >= 4 is 0 Å². The summed E-state index contributed by atoms with van der Waals surface area (Å²) >= 11 is 0. The molecule has 0 aromatic carbocycles. The summed E-state index contributed by atoms with van der Waals surface area (Å²) < 4.78 is 32.9. The van der Waals surface area contributed by atoms with Crippen molar-refractivity contribution in [1.82, 2.24) is 9.55 Å². The van der Waals surface area contributed by atoms with E-state index in [1.165, 1.54) is 6.07 Å². The second kappa shape index (κ2) is 4.38. The zero-order valence-corrected chi connectivity index (χ0v) is 9.46. The minimum absolute atomic E-state index is 0.386. The molecule has 100 valence electrons. The highest BCUT2D eigenvalue weighted by Crippen LogP contribution is 2.41. The smallest absolute Gasteiger partial charge is 0.350 e. The Morgan fingerprint density at radius 2 is 2.28 bits per heavy atom. The molecule has 0 aliphatic carbocycles. The highest BCUT2D eigenvalue weighted by molar-refractivity contribution is 5.01. The van der Waals surface area contributed by atoms with E-state index in [1.54, 1.807) is 6.92 Å². The third-order valence-electron chi connectivity index (χ3n) is 2.78. The van der Waals surface area contributed by atoms with Crippen molar-refractivity contribution < 1.29 is 23.7 Å². The summed E-state index contributed by atoms with van der Waals surface area (Å²) in [6.45, 7) is 0.784. The molecule has 1 unspecified atom stereocenters. The van der Waals surface area contributed by atoms with Crippen LogP contribution in [0.4, 0.5) is 8.78 Å². The van der Waals surface area contributed by atoms with Crippen LogP contribution < -0.4 is 5.69 Å². The van der Waals surface area contributed by atoms with Gasteiger partial charge in [-0.05, 0) is 13.0 Å². The van der Waals surface area contributed by atoms with Gasteiger partial charge in [-0.3, -0.25) is 4.57 Å². The zero-order valence-electron chi connectivity index (χ0n) is 9.46. The molecular weight excluding hydrogens is 250 g/mol. The first-order chi connectivity index (χ1) is 8.37. The third kappa shape index (κ3) is 1.92. The quantitative estimate of drug-likeness (QED) is 0.746. The molecule has 2 N–H and O–H groups in total. The van der Waals surface area contributed by atoms with Gasteiger partial charge in [-0.2, -0.15) is 13.8 Å². The fourth-order valence-corrected chi connectivity index (χ4v) is 1.79. The maximum absolute atomic E-state index is 13.7. The average Bonchev–Trinajstić information content (AvgIpc) is 2.52. The number of alkyl halides is 2. The number of aromatic nitrogens is 2. The SMILES string of the molecule is Cc1ccn(C2O[C@@H](CO)[C@H](O)C2(F)F)c(=O)n1. The van der Waals surface area contributed by atoms with Gasteiger partial charge < -0.3 is 14.9 Å². The van der Waals surface area contributed by atoms with Crippen LogP contribution in [0, 0.1) is 6.92 Å². The van der Waals surface area contributed by atoms with Gasteiger partial charge in [-0.15, -0.1) is 0 Å². The summed E-state index contributed by atoms with van der Waals surface area (Å²) in [7, 11) is 0. The van der Waals surface area contributed by atoms with Crippen LogP contribution in [0.3, 0.4) is 0 Å². The van der Waals surface area contributed by atoms with Crippen LogP contribution in [0.5, 0.6) is 0 Å². The lowest BCUT2D eigenvalue weighted by Crippen LogP contribution is -2.41. The molecule has 1 aromatic rings. The van der Waals surface area contributed by atoms with Gasteiger partial charge in [0, 0.05) is 11.9 Å². The van der Waals surface area contributed by atoms with Crippen LogP contribution in [-0.4, -0.2) is 44.5 Å². The normalized spacial score (nSPS) is 30.6. The predicted molar refractivity (Wildman–Crippen MR) is 55.2 cm³/mol. The summed E-state index contributed by atoms with van der Waals surface area (Å²) in [5, 5.41) is 18.1. The second-order valence-electron chi connectivity index (χ2n) is 4.09. The highest BCUT2D eigenvalue weighted by atomic mass is 19.3. The number of aliphatic hydroxyl groups is 2. The van der Waals surface area contributed by atoms with Gasteiger partial charge in [-0.25, -0.2) is 4.79 Å². The Morgan fingerprint density at radius 3 is 2.78 bits per heavy atom. The molecule has 1 aromatic heterocycles. The Morgan fingerprint density at radius 1 is 1.61 bits per heavy atom. The van der Waals surface area contributed by atoms with Crippen LogP contribution in [0.2, 0.25) is 0 Å². The van der Waals surface area contributed by atoms with E-state index in [0.29, 0.717) is 10.3 Å². The van der Waals surface area contributed by atoms with E-state index in [1.807, 2.05) is 0 Å². The highest BCUT2D eigenvalue weighted by Gasteiger charge is 2.59. The van der Waals surface area contributed by atoms with E-state index in [9.17, 15) is 18.7 Å². The molecule has 0 saturated carbocycles. The Bertz CT molecular complexity index is 505. The van der Waals surface area contributed by atoms with Crippen LogP contribution in [-0.2, 0) is 4.74 Å². The Hall–Kier alpha value is -1.38. The van der Waals surface area contributed by atoms with Gasteiger partial charge in [0.15, 0.2) is 6.10 Å². The molecule has 1 aliphatic heterocycles. The molecule has 0 radical (unpaired) electrons. The first kappa shape index (κ1) is 13.1. The van der Waals surface area contributed by atoms with Gasteiger partial charge in [0.05, 0.1) is 6.61 Å². The molecule has 18 heavy (non-hydrogen) atoms. The van der Waals surface area contributed by atoms with Crippen LogP contribution >= 0.6 is 0 Å². The van der Waals surface area contributed by atoms with Crippen LogP contribution in [0.25, 0.3) is 0 Å². The Kier molecular flexibility index (Phi) is 3.18. The van der Waals surface area contributed by atoms with Crippen molar-refractivity contribution in [3.63, 3.8) is 0 Å². The summed E-state index contributed by atoms with van der Waals surface area (Å²) in [6, 6.07) is 1.37. The molecule has 0 bridgehead atoms. The summed E-state index contributed by atoms with van der Waals surface area (Å²) in [5.74, 6) is -3.67. The summed E-state index contributed by atoms with van der Waals surface area (Å²) in [4.78, 5) is 15.0. The van der Waals surface area contributed by atoms with Gasteiger partial charge in [0.1, 0.15) is 6.10 Å². The number of aryl methyl sites for hydroxylation is 1. The molecule has 1 saturated heterocycles. The Labute approximate surface area is 100 Å². The van der Waals surface area contributed by atoms with Crippen LogP contribution in [0.1, 0.15) is 11.9 Å². The lowest BCUT2D eigenvalue weighted by Gasteiger charge is -2.20. The lowest BCUT2D eigenvalue weighted by atomic mass is 10.1. The number of nitrogens with zero attached hydrogens (tertiary/aromatic N) is 2. The average molecular weight is 262 g/mol. The van der Waals surface area contributed by atoms with Crippen molar-refractivity contribution in [2.24, 2.45) is 0 Å². The first-order valence-corrected chi connectivity index (χ1v) is 5.26. The van der Waals surface area contributed by atoms with E-state index in [-0.39, 0.29) is 0 Å². The molecule has 2 rings (SSSR count). The minimum Gasteiger partial charge on any atom is -0.394 e. The number of halogens is 2. The molecule has 6 nitrogen and oxygen atoms in total. The van der Waals surface area contributed by atoms with Gasteiger partial charge in [-0.1, -0.05) is 0 Å². The minimum atomic E-state index is -3.67. The molecule has 0 amide bonds. The summed E-state index contributed by atoms with van der Waals surface area (Å²) in [6.07, 6.45) is -4.44. The van der Waals surface area contributed by atoms with E-state index >= 15 is 0 Å². The second-order valence-corrected chi connectivity index (χ2v) is 4.09. The predicted octanol–water partition coefficient (Wildman–Crippen LogP) is -0.562. The topological polar surface area (TPSA) is 84.6 Å². The molecule has 0 spiro atoms. The maximum atomic E-state index is 13.7. The molecule has 1 aliphatic rings. The summed E-state index contributed by atoms with van der Waals surface area (Å²) in [5.41, 5.74) is -0.512. The molecule has 3 atom stereocenters. The van der Waals surface area contributed by atoms with Crippen LogP contribution in [0.15, 0.2) is 17.1 Å². The van der Waals surface area contributed by atoms with Crippen molar-refractivity contribution in [1.29, 1.82) is 0 Å². The number of hydrogen-bond acceptors (Lipinski definition) is 5. The number of ether oxygens (including phenoxy) is 1. The lowest BCUT2D eigenvalue weighted by molar-refractivity contribution is -0.141. The molecule has 2 heterocycles. The Balaban J connectivity index is 2.42. The van der Waals surface area contributed by atoms with E-state index in [4.69, 9.17) is 9.84 Å². The zero-order chi connectivity index (χ0) is 13.5. The maximum Gasteiger partial charge on any atom is 0.350 e. The number of hydrogen-bond donors (Lipinski definition) is 2. The van der Waals surface area contributed by atoms with E-state index in [2.05, 4.69) is 4.98 Å². The van der Waals surface area contributed by atoms with Gasteiger partial charge in [0.2, 0.25) is 6.23 Å². The first-order valence-electron chi connectivity index (χ1n) is 5.26. The van der Waals surface area contributed by atoms with Gasteiger partial charge >= 0.3 is 11.6 Å². The number of aliphatic hydroxyl groups excluding tert-OH is 2. The molecular formula is C10H12F2N2O4. The van der Waals surface area contributed by atoms with Gasteiger partial charge in [0.25, 0.3) is 0 Å². The van der Waals surface area contributed by atoms with Crippen molar-refractivity contribution in [2.75, 3.05) is 6.61 Å². The largest absolute Gasteiger partial charge is 0.394 e. The van der Waals surface area contributed by atoms with Crippen molar-refractivity contribution in [2.45, 2.75) is 31.3 Å². The molecule has 1 fully saturated rings. The fourth-order valence-electron chi connectivity index (χ4n) is 1.79. The van der Waals surface area contributed by atoms with Crippen molar-refractivity contribution in [3.05, 3.63) is 28.4 Å².